The van der Waals surface area contributed by atoms with Gasteiger partial charge in [0.2, 0.25) is 0 Å². The third kappa shape index (κ3) is 5.21. The van der Waals surface area contributed by atoms with Crippen molar-refractivity contribution >= 4 is 15.4 Å². The molecule has 0 unspecified atom stereocenters. The van der Waals surface area contributed by atoms with Crippen LogP contribution in [-0.4, -0.2) is 68.0 Å². The van der Waals surface area contributed by atoms with E-state index in [0.29, 0.717) is 17.4 Å². The summed E-state index contributed by atoms with van der Waals surface area (Å²) >= 11 is 0. The van der Waals surface area contributed by atoms with Gasteiger partial charge in [0, 0.05) is 31.7 Å². The van der Waals surface area contributed by atoms with Crippen molar-refractivity contribution in [2.75, 3.05) is 37.7 Å². The average Bonchev–Trinajstić information content (AvgIpc) is 2.96. The molecule has 1 aromatic rings. The van der Waals surface area contributed by atoms with Crippen molar-refractivity contribution < 1.29 is 8.42 Å². The lowest BCUT2D eigenvalue weighted by Crippen LogP contribution is -2.59. The third-order valence-corrected chi connectivity index (χ3v) is 7.47. The molecule has 0 aliphatic carbocycles. The van der Waals surface area contributed by atoms with Crippen molar-refractivity contribution in [2.45, 2.75) is 45.7 Å². The Hall–Kier alpha value is -1.17. The summed E-state index contributed by atoms with van der Waals surface area (Å²) < 4.78 is 24.8. The number of nitrogens with zero attached hydrogens (tertiary/aromatic N) is 2. The van der Waals surface area contributed by atoms with E-state index >= 15 is 0 Å². The summed E-state index contributed by atoms with van der Waals surface area (Å²) in [6.07, 6.45) is 4.48. The third-order valence-electron chi connectivity index (χ3n) is 5.77. The van der Waals surface area contributed by atoms with E-state index in [4.69, 9.17) is 0 Å². The van der Waals surface area contributed by atoms with Gasteiger partial charge in [0.05, 0.1) is 11.5 Å². The van der Waals surface area contributed by atoms with Gasteiger partial charge in [-0.25, -0.2) is 8.42 Å². The Labute approximate surface area is 165 Å². The summed E-state index contributed by atoms with van der Waals surface area (Å²) in [5.41, 5.74) is 2.59. The molecule has 150 valence electrons. The van der Waals surface area contributed by atoms with Crippen LogP contribution in [-0.2, 0) is 9.84 Å². The second-order valence-corrected chi connectivity index (χ2v) is 10.6. The maximum absolute atomic E-state index is 12.4. The number of fused-ring (bicyclic) bond motifs is 1. The van der Waals surface area contributed by atoms with E-state index in [-0.39, 0.29) is 12.1 Å². The fourth-order valence-electron chi connectivity index (χ4n) is 4.38. The first kappa shape index (κ1) is 20.6. The molecule has 0 aromatic heterocycles. The minimum atomic E-state index is -2.94. The second-order valence-electron chi connectivity index (χ2n) is 8.44. The summed E-state index contributed by atoms with van der Waals surface area (Å²) in [4.78, 5) is 4.84. The van der Waals surface area contributed by atoms with E-state index in [9.17, 15) is 8.42 Å². The Morgan fingerprint density at radius 1 is 1.11 bits per heavy atom. The van der Waals surface area contributed by atoms with E-state index in [0.717, 1.165) is 39.0 Å². The molecule has 4 nitrogen and oxygen atoms in total. The van der Waals surface area contributed by atoms with Crippen LogP contribution in [0.5, 0.6) is 0 Å². The van der Waals surface area contributed by atoms with Gasteiger partial charge in [0.25, 0.3) is 0 Å². The molecule has 2 saturated heterocycles. The molecule has 0 spiro atoms. The van der Waals surface area contributed by atoms with Gasteiger partial charge in [0.1, 0.15) is 0 Å². The van der Waals surface area contributed by atoms with Gasteiger partial charge in [-0.2, -0.15) is 0 Å². The van der Waals surface area contributed by atoms with E-state index in [1.807, 2.05) is 6.07 Å². The lowest BCUT2D eigenvalue weighted by atomic mass is 9.98. The van der Waals surface area contributed by atoms with Crippen molar-refractivity contribution in [1.82, 2.24) is 9.80 Å². The van der Waals surface area contributed by atoms with Gasteiger partial charge >= 0.3 is 0 Å². The molecule has 5 heteroatoms. The van der Waals surface area contributed by atoms with Crippen LogP contribution in [0.25, 0.3) is 5.57 Å². The molecule has 1 aromatic carbocycles. The molecule has 0 amide bonds. The molecular weight excluding hydrogens is 356 g/mol. The Bertz CT molecular complexity index is 743. The predicted molar refractivity (Wildman–Crippen MR) is 114 cm³/mol. The molecule has 2 heterocycles. The van der Waals surface area contributed by atoms with Gasteiger partial charge in [-0.1, -0.05) is 57.2 Å². The second kappa shape index (κ2) is 8.89. The summed E-state index contributed by atoms with van der Waals surface area (Å²) in [7, 11) is -2.94. The first-order valence-corrected chi connectivity index (χ1v) is 12.1. The highest BCUT2D eigenvalue weighted by Crippen LogP contribution is 2.29. The highest BCUT2D eigenvalue weighted by atomic mass is 32.2. The minimum absolute atomic E-state index is 0.126. The maximum atomic E-state index is 12.4. The van der Waals surface area contributed by atoms with Crippen molar-refractivity contribution in [1.29, 1.82) is 0 Å². The molecule has 0 saturated carbocycles. The molecule has 2 fully saturated rings. The quantitative estimate of drug-likeness (QED) is 0.716. The fraction of sp³-hybridized carbons (Fsp3) is 0.636. The van der Waals surface area contributed by atoms with Crippen molar-refractivity contribution in [2.24, 2.45) is 5.92 Å². The topological polar surface area (TPSA) is 40.6 Å². The van der Waals surface area contributed by atoms with Crippen LogP contribution in [0.15, 0.2) is 36.4 Å². The summed E-state index contributed by atoms with van der Waals surface area (Å²) in [5, 5.41) is 0. The SMILES string of the molecule is CCCN1CCN(C/C(=C\CC(C)C)c2ccccc2)[C@H]2CS(=O)(=O)C[C@H]21. The largest absolute Gasteiger partial charge is 0.297 e. The molecule has 2 aliphatic heterocycles. The van der Waals surface area contributed by atoms with Gasteiger partial charge < -0.3 is 0 Å². The zero-order chi connectivity index (χ0) is 19.4. The van der Waals surface area contributed by atoms with E-state index < -0.39 is 9.84 Å². The zero-order valence-corrected chi connectivity index (χ0v) is 17.8. The van der Waals surface area contributed by atoms with Gasteiger partial charge in [-0.3, -0.25) is 9.80 Å². The van der Waals surface area contributed by atoms with Crippen LogP contribution in [0.1, 0.15) is 39.2 Å². The molecule has 2 atom stereocenters. The smallest absolute Gasteiger partial charge is 0.153 e. The monoisotopic (exact) mass is 390 g/mol. The number of hydrogen-bond acceptors (Lipinski definition) is 4. The Kier molecular flexibility index (Phi) is 6.77. The molecule has 0 bridgehead atoms. The van der Waals surface area contributed by atoms with E-state index in [1.54, 1.807) is 0 Å². The van der Waals surface area contributed by atoms with Crippen molar-refractivity contribution in [3.8, 4) is 0 Å². The summed E-state index contributed by atoms with van der Waals surface area (Å²) in [6, 6.07) is 10.8. The maximum Gasteiger partial charge on any atom is 0.153 e. The van der Waals surface area contributed by atoms with E-state index in [1.165, 1.54) is 11.1 Å². The number of hydrogen-bond donors (Lipinski definition) is 0. The average molecular weight is 391 g/mol. The number of benzene rings is 1. The predicted octanol–water partition coefficient (Wildman–Crippen LogP) is 3.31. The molecule has 0 N–H and O–H groups in total. The molecule has 0 radical (unpaired) electrons. The van der Waals surface area contributed by atoms with Crippen LogP contribution in [0.2, 0.25) is 0 Å². The number of sulfone groups is 1. The van der Waals surface area contributed by atoms with Crippen LogP contribution in [0, 0.1) is 5.92 Å². The molecule has 27 heavy (non-hydrogen) atoms. The lowest BCUT2D eigenvalue weighted by Gasteiger charge is -2.44. The lowest BCUT2D eigenvalue weighted by molar-refractivity contribution is 0.0546. The van der Waals surface area contributed by atoms with Gasteiger partial charge in [0.15, 0.2) is 9.84 Å². The highest BCUT2D eigenvalue weighted by molar-refractivity contribution is 7.91. The first-order chi connectivity index (χ1) is 12.9. The molecule has 2 aliphatic rings. The van der Waals surface area contributed by atoms with E-state index in [2.05, 4.69) is 60.9 Å². The number of piperazine rings is 1. The standard InChI is InChI=1S/C22H34N2O2S/c1-4-12-23-13-14-24(22-17-27(25,26)16-21(22)23)15-20(11-10-18(2)3)19-8-6-5-7-9-19/h5-9,11,18,21-22H,4,10,12-17H2,1-3H3/b20-11+/t21-,22+/m1/s1. The minimum Gasteiger partial charge on any atom is -0.297 e. The van der Waals surface area contributed by atoms with Crippen LogP contribution in [0.3, 0.4) is 0 Å². The summed E-state index contributed by atoms with van der Waals surface area (Å²) in [5.74, 6) is 1.25. The fourth-order valence-corrected chi connectivity index (χ4v) is 6.42. The first-order valence-electron chi connectivity index (χ1n) is 10.3. The molecule has 3 rings (SSSR count). The Morgan fingerprint density at radius 3 is 2.37 bits per heavy atom. The Balaban J connectivity index is 1.82. The number of allylic oxidation sites excluding steroid dienone is 1. The van der Waals surface area contributed by atoms with Crippen LogP contribution in [0.4, 0.5) is 0 Å². The van der Waals surface area contributed by atoms with Gasteiger partial charge in [-0.05, 0) is 36.4 Å². The van der Waals surface area contributed by atoms with Gasteiger partial charge in [-0.15, -0.1) is 0 Å². The van der Waals surface area contributed by atoms with Crippen LogP contribution >= 0.6 is 0 Å². The summed E-state index contributed by atoms with van der Waals surface area (Å²) in [6.45, 7) is 10.4. The van der Waals surface area contributed by atoms with Crippen molar-refractivity contribution in [3.05, 3.63) is 42.0 Å². The normalized spacial score (nSPS) is 26.4. The highest BCUT2D eigenvalue weighted by Gasteiger charge is 2.46. The van der Waals surface area contributed by atoms with Crippen molar-refractivity contribution in [3.63, 3.8) is 0 Å². The zero-order valence-electron chi connectivity index (χ0n) is 17.0. The van der Waals surface area contributed by atoms with Crippen LogP contribution < -0.4 is 0 Å². The number of rotatable bonds is 7. The Morgan fingerprint density at radius 2 is 1.74 bits per heavy atom. The molecular formula is C22H34N2O2S.